The highest BCUT2D eigenvalue weighted by atomic mass is 16.5. The van der Waals surface area contributed by atoms with Crippen molar-refractivity contribution in [2.75, 3.05) is 32.8 Å². The van der Waals surface area contributed by atoms with E-state index in [0.29, 0.717) is 19.1 Å². The molecule has 3 rings (SSSR count). The van der Waals surface area contributed by atoms with Crippen molar-refractivity contribution in [2.45, 2.75) is 24.9 Å². The zero-order valence-corrected chi connectivity index (χ0v) is 11.9. The van der Waals surface area contributed by atoms with E-state index in [9.17, 15) is 4.79 Å². The number of morpholine rings is 1. The van der Waals surface area contributed by atoms with Crippen molar-refractivity contribution in [2.24, 2.45) is 7.05 Å². The molecule has 1 atom stereocenters. The molecule has 0 saturated carbocycles. The maximum atomic E-state index is 12.4. The molecule has 0 unspecified atom stereocenters. The molecule has 6 heteroatoms. The van der Waals surface area contributed by atoms with Gasteiger partial charge in [-0.3, -0.25) is 9.48 Å². The van der Waals surface area contributed by atoms with E-state index in [4.69, 9.17) is 4.74 Å². The van der Waals surface area contributed by atoms with Gasteiger partial charge in [-0.05, 0) is 18.9 Å². The second kappa shape index (κ2) is 5.93. The summed E-state index contributed by atoms with van der Waals surface area (Å²) in [5, 5.41) is 7.44. The second-order valence-corrected chi connectivity index (χ2v) is 5.54. The number of piperidine rings is 1. The molecule has 1 N–H and O–H groups in total. The molecule has 3 heterocycles. The van der Waals surface area contributed by atoms with Crippen LogP contribution in [0.15, 0.2) is 12.3 Å². The first-order valence-electron chi connectivity index (χ1n) is 7.34. The Morgan fingerprint density at radius 1 is 1.45 bits per heavy atom. The van der Waals surface area contributed by atoms with Gasteiger partial charge in [-0.25, -0.2) is 0 Å². The molecular formula is C14H22N4O2. The molecular weight excluding hydrogens is 256 g/mol. The van der Waals surface area contributed by atoms with Gasteiger partial charge in [0.25, 0.3) is 5.91 Å². The van der Waals surface area contributed by atoms with Crippen LogP contribution in [0.2, 0.25) is 0 Å². The number of hydrogen-bond donors (Lipinski definition) is 1. The van der Waals surface area contributed by atoms with Crippen LogP contribution in [0.3, 0.4) is 0 Å². The van der Waals surface area contributed by atoms with Gasteiger partial charge in [0.05, 0.1) is 6.61 Å². The Hall–Kier alpha value is -1.40. The first kappa shape index (κ1) is 13.6. The predicted octanol–water partition coefficient (Wildman–Crippen LogP) is 0.115. The van der Waals surface area contributed by atoms with E-state index in [2.05, 4.69) is 16.5 Å². The molecule has 1 aromatic rings. The minimum absolute atomic E-state index is 0.139. The molecule has 2 aliphatic heterocycles. The van der Waals surface area contributed by atoms with E-state index in [1.54, 1.807) is 0 Å². The first-order valence-corrected chi connectivity index (χ1v) is 7.34. The highest BCUT2D eigenvalue weighted by Crippen LogP contribution is 2.27. The van der Waals surface area contributed by atoms with Crippen LogP contribution in [0, 0.1) is 0 Å². The molecule has 20 heavy (non-hydrogen) atoms. The van der Waals surface area contributed by atoms with Crippen molar-refractivity contribution in [1.82, 2.24) is 20.0 Å². The number of aromatic nitrogens is 2. The molecule has 0 radical (unpaired) electrons. The molecule has 2 fully saturated rings. The fourth-order valence-electron chi connectivity index (χ4n) is 3.11. The minimum Gasteiger partial charge on any atom is -0.366 e. The van der Waals surface area contributed by atoms with Crippen molar-refractivity contribution in [3.05, 3.63) is 18.0 Å². The van der Waals surface area contributed by atoms with Crippen LogP contribution >= 0.6 is 0 Å². The molecule has 1 aromatic heterocycles. The number of likely N-dealkylation sites (tertiary alicyclic amines) is 1. The van der Waals surface area contributed by atoms with Crippen molar-refractivity contribution in [1.29, 1.82) is 0 Å². The van der Waals surface area contributed by atoms with Gasteiger partial charge >= 0.3 is 0 Å². The van der Waals surface area contributed by atoms with Gasteiger partial charge in [0, 0.05) is 51.0 Å². The van der Waals surface area contributed by atoms with Crippen molar-refractivity contribution in [3.63, 3.8) is 0 Å². The van der Waals surface area contributed by atoms with Crippen LogP contribution in [-0.4, -0.2) is 59.5 Å². The molecule has 0 bridgehead atoms. The van der Waals surface area contributed by atoms with Crippen molar-refractivity contribution < 1.29 is 9.53 Å². The van der Waals surface area contributed by atoms with E-state index in [1.807, 2.05) is 22.8 Å². The number of carbonyl (C=O) groups excluding carboxylic acids is 1. The number of ether oxygens (including phenoxy) is 1. The van der Waals surface area contributed by atoms with Crippen LogP contribution in [0.25, 0.3) is 0 Å². The number of nitrogens with zero attached hydrogens (tertiary/aromatic N) is 3. The molecule has 110 valence electrons. The Bertz CT molecular complexity index is 459. The summed E-state index contributed by atoms with van der Waals surface area (Å²) < 4.78 is 7.48. The van der Waals surface area contributed by atoms with E-state index in [1.165, 1.54) is 5.69 Å². The lowest BCUT2D eigenvalue weighted by Crippen LogP contribution is -2.51. The van der Waals surface area contributed by atoms with Gasteiger partial charge < -0.3 is 15.0 Å². The third kappa shape index (κ3) is 2.71. The summed E-state index contributed by atoms with van der Waals surface area (Å²) >= 11 is 0. The normalized spacial score (nSPS) is 24.9. The Morgan fingerprint density at radius 2 is 2.25 bits per heavy atom. The third-order valence-corrected chi connectivity index (χ3v) is 4.29. The van der Waals surface area contributed by atoms with E-state index in [0.717, 1.165) is 32.5 Å². The summed E-state index contributed by atoms with van der Waals surface area (Å²) in [6.07, 6.45) is 3.56. The topological polar surface area (TPSA) is 59.4 Å². The number of rotatable bonds is 2. The quantitative estimate of drug-likeness (QED) is 0.834. The Labute approximate surface area is 119 Å². The highest BCUT2D eigenvalue weighted by molar-refractivity contribution is 5.81. The smallest absolute Gasteiger partial charge is 0.253 e. The van der Waals surface area contributed by atoms with Crippen molar-refractivity contribution >= 4 is 5.91 Å². The molecule has 0 aliphatic carbocycles. The monoisotopic (exact) mass is 278 g/mol. The molecule has 0 aromatic carbocycles. The van der Waals surface area contributed by atoms with Gasteiger partial charge in [-0.15, -0.1) is 0 Å². The zero-order valence-electron chi connectivity index (χ0n) is 11.9. The second-order valence-electron chi connectivity index (χ2n) is 5.54. The third-order valence-electron chi connectivity index (χ3n) is 4.29. The van der Waals surface area contributed by atoms with Gasteiger partial charge in [0.15, 0.2) is 0 Å². The Balaban J connectivity index is 1.55. The first-order chi connectivity index (χ1) is 9.75. The van der Waals surface area contributed by atoms with Crippen LogP contribution in [0.5, 0.6) is 0 Å². The summed E-state index contributed by atoms with van der Waals surface area (Å²) in [5.74, 6) is 0.651. The fraction of sp³-hybridized carbons (Fsp3) is 0.714. The van der Waals surface area contributed by atoms with Gasteiger partial charge in [0.2, 0.25) is 0 Å². The van der Waals surface area contributed by atoms with Crippen LogP contribution in [-0.2, 0) is 16.6 Å². The van der Waals surface area contributed by atoms with Crippen LogP contribution < -0.4 is 5.32 Å². The summed E-state index contributed by atoms with van der Waals surface area (Å²) in [6, 6.07) is 2.08. The fourth-order valence-corrected chi connectivity index (χ4v) is 3.11. The van der Waals surface area contributed by atoms with Gasteiger partial charge in [-0.1, -0.05) is 0 Å². The molecule has 0 spiro atoms. The molecule has 6 nitrogen and oxygen atoms in total. The average Bonchev–Trinajstić information content (AvgIpc) is 2.94. The molecule has 2 saturated heterocycles. The summed E-state index contributed by atoms with van der Waals surface area (Å²) in [6.45, 7) is 3.73. The SMILES string of the molecule is Cn1nccc1C1CCN(C(=O)[C@H]2CNCCO2)CC1. The lowest BCUT2D eigenvalue weighted by atomic mass is 9.93. The van der Waals surface area contributed by atoms with Gasteiger partial charge in [0.1, 0.15) is 6.10 Å². The Morgan fingerprint density at radius 3 is 2.85 bits per heavy atom. The summed E-state index contributed by atoms with van der Waals surface area (Å²) in [4.78, 5) is 14.3. The number of carbonyl (C=O) groups is 1. The molecule has 1 amide bonds. The number of hydrogen-bond acceptors (Lipinski definition) is 4. The Kier molecular flexibility index (Phi) is 4.03. The van der Waals surface area contributed by atoms with Crippen molar-refractivity contribution in [3.8, 4) is 0 Å². The standard InChI is InChI=1S/C14H22N4O2/c1-17-12(2-5-16-17)11-3-7-18(8-4-11)14(19)13-10-15-6-9-20-13/h2,5,11,13,15H,3-4,6-10H2,1H3/t13-/m1/s1. The summed E-state index contributed by atoms with van der Waals surface area (Å²) in [7, 11) is 1.98. The van der Waals surface area contributed by atoms with Crippen LogP contribution in [0.4, 0.5) is 0 Å². The minimum atomic E-state index is -0.294. The van der Waals surface area contributed by atoms with Gasteiger partial charge in [-0.2, -0.15) is 5.10 Å². The maximum absolute atomic E-state index is 12.4. The van der Waals surface area contributed by atoms with E-state index >= 15 is 0 Å². The number of amides is 1. The predicted molar refractivity (Wildman–Crippen MR) is 74.4 cm³/mol. The number of nitrogens with one attached hydrogen (secondary N) is 1. The lowest BCUT2D eigenvalue weighted by molar-refractivity contribution is -0.146. The van der Waals surface area contributed by atoms with E-state index < -0.39 is 0 Å². The average molecular weight is 278 g/mol. The molecule has 2 aliphatic rings. The summed E-state index contributed by atoms with van der Waals surface area (Å²) in [5.41, 5.74) is 1.27. The largest absolute Gasteiger partial charge is 0.366 e. The zero-order chi connectivity index (χ0) is 13.9. The van der Waals surface area contributed by atoms with Crippen LogP contribution in [0.1, 0.15) is 24.5 Å². The highest BCUT2D eigenvalue weighted by Gasteiger charge is 2.30. The lowest BCUT2D eigenvalue weighted by Gasteiger charge is -2.35. The number of aryl methyl sites for hydroxylation is 1. The van der Waals surface area contributed by atoms with E-state index in [-0.39, 0.29) is 12.0 Å². The maximum Gasteiger partial charge on any atom is 0.253 e.